The number of nitrogens with zero attached hydrogens (tertiary/aromatic N) is 2. The molecule has 1 aliphatic rings. The van der Waals surface area contributed by atoms with Crippen LogP contribution < -0.4 is 10.6 Å². The number of hydrogen-bond acceptors (Lipinski definition) is 5. The lowest BCUT2D eigenvalue weighted by molar-refractivity contribution is 0.0420. The molecular weight excluding hydrogens is 475 g/mol. The minimum atomic E-state index is 0. The van der Waals surface area contributed by atoms with E-state index in [1.807, 2.05) is 18.2 Å². The van der Waals surface area contributed by atoms with E-state index in [1.54, 1.807) is 18.4 Å². The Labute approximate surface area is 181 Å². The number of aromatic nitrogens is 1. The van der Waals surface area contributed by atoms with Gasteiger partial charge >= 0.3 is 0 Å². The molecule has 0 saturated carbocycles. The van der Waals surface area contributed by atoms with Crippen LogP contribution in [0.5, 0.6) is 0 Å². The summed E-state index contributed by atoms with van der Waals surface area (Å²) in [6.07, 6.45) is 2.22. The Kier molecular flexibility index (Phi) is 10.0. The third-order valence-electron chi connectivity index (χ3n) is 4.09. The first kappa shape index (κ1) is 22.1. The van der Waals surface area contributed by atoms with Crippen LogP contribution in [-0.2, 0) is 16.0 Å². The highest BCUT2D eigenvalue weighted by atomic mass is 127. The van der Waals surface area contributed by atoms with E-state index >= 15 is 0 Å². The Morgan fingerprint density at radius 3 is 2.93 bits per heavy atom. The molecule has 2 N–H and O–H groups in total. The summed E-state index contributed by atoms with van der Waals surface area (Å²) < 4.78 is 11.1. The van der Waals surface area contributed by atoms with Crippen molar-refractivity contribution in [3.63, 3.8) is 0 Å². The van der Waals surface area contributed by atoms with Gasteiger partial charge in [0.1, 0.15) is 5.01 Å². The predicted octanol–water partition coefficient (Wildman–Crippen LogP) is 3.29. The maximum Gasteiger partial charge on any atom is 0.191 e. The molecule has 3 rings (SSSR count). The van der Waals surface area contributed by atoms with Gasteiger partial charge in [-0.3, -0.25) is 4.99 Å². The minimum absolute atomic E-state index is 0. The Bertz CT molecular complexity index is 690. The molecule has 0 amide bonds. The van der Waals surface area contributed by atoms with Crippen LogP contribution in [0.1, 0.15) is 18.5 Å². The average molecular weight is 502 g/mol. The van der Waals surface area contributed by atoms with Gasteiger partial charge in [-0.05, 0) is 12.8 Å². The van der Waals surface area contributed by atoms with E-state index in [0.717, 1.165) is 61.4 Å². The Balaban J connectivity index is 0.00000261. The second kappa shape index (κ2) is 12.3. The molecule has 1 atom stereocenters. The SMILES string of the molecule is CN=C(NCCCOC1CCOC1)NCc1csc(-c2ccccc2)n1.I. The summed E-state index contributed by atoms with van der Waals surface area (Å²) in [6.45, 7) is 3.76. The summed E-state index contributed by atoms with van der Waals surface area (Å²) >= 11 is 1.66. The van der Waals surface area contributed by atoms with Gasteiger partial charge in [0, 0.05) is 37.7 Å². The number of halogens is 1. The first-order chi connectivity index (χ1) is 12.8. The minimum Gasteiger partial charge on any atom is -0.379 e. The van der Waals surface area contributed by atoms with Crippen molar-refractivity contribution in [2.45, 2.75) is 25.5 Å². The Hall–Kier alpha value is -1.23. The van der Waals surface area contributed by atoms with Crippen LogP contribution in [0.4, 0.5) is 0 Å². The maximum atomic E-state index is 5.76. The molecule has 2 heterocycles. The molecule has 27 heavy (non-hydrogen) atoms. The van der Waals surface area contributed by atoms with Crippen molar-refractivity contribution in [1.29, 1.82) is 0 Å². The van der Waals surface area contributed by atoms with Crippen LogP contribution in [-0.4, -0.2) is 50.5 Å². The van der Waals surface area contributed by atoms with Crippen molar-refractivity contribution in [3.8, 4) is 10.6 Å². The standard InChI is InChI=1S/C19H26N4O2S.HI/c1-20-19(21-9-5-10-25-17-8-11-24-13-17)22-12-16-14-26-18(23-16)15-6-3-2-4-7-15;/h2-4,6-7,14,17H,5,8-13H2,1H3,(H2,20,21,22);1H. The van der Waals surface area contributed by atoms with E-state index in [-0.39, 0.29) is 30.1 Å². The van der Waals surface area contributed by atoms with Gasteiger partial charge in [0.2, 0.25) is 0 Å². The topological polar surface area (TPSA) is 67.8 Å². The second-order valence-electron chi connectivity index (χ2n) is 6.07. The Morgan fingerprint density at radius 1 is 1.33 bits per heavy atom. The van der Waals surface area contributed by atoms with Crippen molar-refractivity contribution in [3.05, 3.63) is 41.4 Å². The second-order valence-corrected chi connectivity index (χ2v) is 6.93. The molecule has 1 unspecified atom stereocenters. The molecule has 0 radical (unpaired) electrons. The lowest BCUT2D eigenvalue weighted by atomic mass is 10.2. The molecule has 6 nitrogen and oxygen atoms in total. The highest BCUT2D eigenvalue weighted by Crippen LogP contribution is 2.23. The molecule has 148 valence electrons. The smallest absolute Gasteiger partial charge is 0.191 e. The zero-order valence-electron chi connectivity index (χ0n) is 15.5. The summed E-state index contributed by atoms with van der Waals surface area (Å²) in [7, 11) is 1.78. The molecule has 1 aromatic carbocycles. The van der Waals surface area contributed by atoms with Crippen molar-refractivity contribution in [1.82, 2.24) is 15.6 Å². The van der Waals surface area contributed by atoms with E-state index in [2.05, 4.69) is 38.1 Å². The summed E-state index contributed by atoms with van der Waals surface area (Å²) in [6, 6.07) is 10.2. The first-order valence-corrected chi connectivity index (χ1v) is 9.87. The molecule has 2 aromatic rings. The number of ether oxygens (including phenoxy) is 2. The van der Waals surface area contributed by atoms with Gasteiger partial charge in [-0.25, -0.2) is 4.98 Å². The van der Waals surface area contributed by atoms with Crippen molar-refractivity contribution in [2.75, 3.05) is 33.4 Å². The number of aliphatic imine (C=N–C) groups is 1. The van der Waals surface area contributed by atoms with Crippen molar-refractivity contribution >= 4 is 41.3 Å². The summed E-state index contributed by atoms with van der Waals surface area (Å²) in [5.74, 6) is 0.781. The van der Waals surface area contributed by atoms with Crippen LogP contribution in [0.15, 0.2) is 40.7 Å². The number of thiazole rings is 1. The quantitative estimate of drug-likeness (QED) is 0.251. The van der Waals surface area contributed by atoms with Gasteiger partial charge in [-0.15, -0.1) is 35.3 Å². The molecule has 1 fully saturated rings. The number of nitrogens with one attached hydrogen (secondary N) is 2. The number of hydrogen-bond donors (Lipinski definition) is 2. The molecule has 0 bridgehead atoms. The monoisotopic (exact) mass is 502 g/mol. The first-order valence-electron chi connectivity index (χ1n) is 8.99. The fraction of sp³-hybridized carbons (Fsp3) is 0.474. The maximum absolute atomic E-state index is 5.76. The molecule has 0 spiro atoms. The van der Waals surface area contributed by atoms with Gasteiger partial charge in [0.05, 0.1) is 24.9 Å². The lowest BCUT2D eigenvalue weighted by Crippen LogP contribution is -2.37. The highest BCUT2D eigenvalue weighted by molar-refractivity contribution is 14.0. The number of rotatable bonds is 8. The van der Waals surface area contributed by atoms with Crippen molar-refractivity contribution < 1.29 is 9.47 Å². The van der Waals surface area contributed by atoms with E-state index in [9.17, 15) is 0 Å². The fourth-order valence-corrected chi connectivity index (χ4v) is 3.50. The predicted molar refractivity (Wildman–Crippen MR) is 121 cm³/mol. The summed E-state index contributed by atoms with van der Waals surface area (Å²) in [5.41, 5.74) is 2.17. The molecule has 0 aliphatic carbocycles. The van der Waals surface area contributed by atoms with Gasteiger partial charge in [-0.2, -0.15) is 0 Å². The van der Waals surface area contributed by atoms with Gasteiger partial charge in [-0.1, -0.05) is 30.3 Å². The largest absolute Gasteiger partial charge is 0.379 e. The van der Waals surface area contributed by atoms with E-state index < -0.39 is 0 Å². The van der Waals surface area contributed by atoms with Crippen LogP contribution in [0.2, 0.25) is 0 Å². The van der Waals surface area contributed by atoms with E-state index in [4.69, 9.17) is 9.47 Å². The third kappa shape index (κ3) is 7.36. The summed E-state index contributed by atoms with van der Waals surface area (Å²) in [4.78, 5) is 8.93. The van der Waals surface area contributed by atoms with Crippen LogP contribution in [0.25, 0.3) is 10.6 Å². The van der Waals surface area contributed by atoms with Crippen LogP contribution in [0, 0.1) is 0 Å². The number of benzene rings is 1. The van der Waals surface area contributed by atoms with Gasteiger partial charge < -0.3 is 20.1 Å². The third-order valence-corrected chi connectivity index (χ3v) is 5.03. The van der Waals surface area contributed by atoms with Gasteiger partial charge in [0.25, 0.3) is 0 Å². The highest BCUT2D eigenvalue weighted by Gasteiger charge is 2.15. The fourth-order valence-electron chi connectivity index (χ4n) is 2.67. The molecule has 1 aromatic heterocycles. The van der Waals surface area contributed by atoms with Crippen LogP contribution >= 0.6 is 35.3 Å². The normalized spacial score (nSPS) is 16.8. The molecule has 1 saturated heterocycles. The average Bonchev–Trinajstić information content (AvgIpc) is 3.36. The Morgan fingerprint density at radius 2 is 2.19 bits per heavy atom. The van der Waals surface area contributed by atoms with E-state index in [1.165, 1.54) is 0 Å². The lowest BCUT2D eigenvalue weighted by Gasteiger charge is -2.12. The zero-order chi connectivity index (χ0) is 18.0. The van der Waals surface area contributed by atoms with Gasteiger partial charge in [0.15, 0.2) is 5.96 Å². The zero-order valence-corrected chi connectivity index (χ0v) is 18.7. The molecule has 8 heteroatoms. The van der Waals surface area contributed by atoms with Crippen LogP contribution in [0.3, 0.4) is 0 Å². The van der Waals surface area contributed by atoms with Crippen molar-refractivity contribution in [2.24, 2.45) is 4.99 Å². The molecule has 1 aliphatic heterocycles. The summed E-state index contributed by atoms with van der Waals surface area (Å²) in [5, 5.41) is 9.74. The molecular formula is C19H27IN4O2S. The number of guanidine groups is 1. The van der Waals surface area contributed by atoms with E-state index in [0.29, 0.717) is 6.54 Å².